The summed E-state index contributed by atoms with van der Waals surface area (Å²) in [5.41, 5.74) is 4.63. The number of nitrogens with zero attached hydrogens (tertiary/aromatic N) is 1. The SMILES string of the molecule is Cc1cccc2cc(-c3nc4ccccc4c4sccc34)ccc12. The molecule has 0 atom stereocenters. The van der Waals surface area contributed by atoms with Crippen LogP contribution in [0.25, 0.3) is 43.0 Å². The van der Waals surface area contributed by atoms with Crippen molar-refractivity contribution in [3.05, 3.63) is 77.7 Å². The van der Waals surface area contributed by atoms with E-state index in [2.05, 4.69) is 79.0 Å². The van der Waals surface area contributed by atoms with Crippen LogP contribution in [0.15, 0.2) is 72.1 Å². The van der Waals surface area contributed by atoms with Crippen molar-refractivity contribution >= 4 is 43.1 Å². The van der Waals surface area contributed by atoms with Gasteiger partial charge in [-0.25, -0.2) is 4.98 Å². The average Bonchev–Trinajstić information content (AvgIpc) is 3.11. The fourth-order valence-corrected chi connectivity index (χ4v) is 4.39. The minimum Gasteiger partial charge on any atom is -0.247 e. The molecule has 2 heterocycles. The number of para-hydroxylation sites is 1. The molecule has 1 nitrogen and oxygen atoms in total. The van der Waals surface area contributed by atoms with E-state index >= 15 is 0 Å². The van der Waals surface area contributed by atoms with E-state index in [9.17, 15) is 0 Å². The van der Waals surface area contributed by atoms with Crippen molar-refractivity contribution in [2.24, 2.45) is 0 Å². The number of rotatable bonds is 1. The van der Waals surface area contributed by atoms with E-state index in [-0.39, 0.29) is 0 Å². The van der Waals surface area contributed by atoms with E-state index in [4.69, 9.17) is 4.98 Å². The Balaban J connectivity index is 1.86. The third-order valence-electron chi connectivity index (χ3n) is 4.67. The first-order valence-electron chi connectivity index (χ1n) is 8.07. The first-order valence-corrected chi connectivity index (χ1v) is 8.95. The maximum atomic E-state index is 4.98. The van der Waals surface area contributed by atoms with Crippen LogP contribution in [0.4, 0.5) is 0 Å². The van der Waals surface area contributed by atoms with Crippen molar-refractivity contribution < 1.29 is 0 Å². The van der Waals surface area contributed by atoms with Gasteiger partial charge in [-0.2, -0.15) is 0 Å². The van der Waals surface area contributed by atoms with Gasteiger partial charge in [-0.1, -0.05) is 48.5 Å². The molecule has 0 amide bonds. The summed E-state index contributed by atoms with van der Waals surface area (Å²) in [4.78, 5) is 4.98. The van der Waals surface area contributed by atoms with Gasteiger partial charge in [0.2, 0.25) is 0 Å². The number of hydrogen-bond acceptors (Lipinski definition) is 2. The molecular weight excluding hydrogens is 310 g/mol. The Kier molecular flexibility index (Phi) is 2.94. The monoisotopic (exact) mass is 325 g/mol. The van der Waals surface area contributed by atoms with Crippen molar-refractivity contribution in [2.45, 2.75) is 6.92 Å². The minimum atomic E-state index is 1.06. The third kappa shape index (κ3) is 1.97. The van der Waals surface area contributed by atoms with Crippen LogP contribution in [0.5, 0.6) is 0 Å². The smallest absolute Gasteiger partial charge is 0.0796 e. The molecule has 0 fully saturated rings. The molecule has 5 rings (SSSR count). The molecule has 2 aromatic heterocycles. The summed E-state index contributed by atoms with van der Waals surface area (Å²) < 4.78 is 1.32. The Morgan fingerprint density at radius 1 is 0.792 bits per heavy atom. The topological polar surface area (TPSA) is 12.9 Å². The lowest BCUT2D eigenvalue weighted by Gasteiger charge is -2.09. The molecule has 0 aliphatic carbocycles. The van der Waals surface area contributed by atoms with Crippen LogP contribution in [0.1, 0.15) is 5.56 Å². The van der Waals surface area contributed by atoms with E-state index in [1.807, 2.05) is 0 Å². The largest absolute Gasteiger partial charge is 0.247 e. The zero-order valence-electron chi connectivity index (χ0n) is 13.3. The van der Waals surface area contributed by atoms with E-state index in [1.165, 1.54) is 37.4 Å². The summed E-state index contributed by atoms with van der Waals surface area (Å²) in [5, 5.41) is 7.22. The lowest BCUT2D eigenvalue weighted by atomic mass is 9.99. The maximum Gasteiger partial charge on any atom is 0.0796 e. The molecule has 0 bridgehead atoms. The van der Waals surface area contributed by atoms with Gasteiger partial charge in [0.05, 0.1) is 11.2 Å². The first-order chi connectivity index (χ1) is 11.8. The summed E-state index contributed by atoms with van der Waals surface area (Å²) in [6, 6.07) is 23.7. The highest BCUT2D eigenvalue weighted by Gasteiger charge is 2.11. The summed E-state index contributed by atoms with van der Waals surface area (Å²) >= 11 is 1.79. The Bertz CT molecular complexity index is 1220. The lowest BCUT2D eigenvalue weighted by molar-refractivity contribution is 1.43. The molecule has 0 N–H and O–H groups in total. The van der Waals surface area contributed by atoms with Crippen LogP contribution in [-0.2, 0) is 0 Å². The highest BCUT2D eigenvalue weighted by Crippen LogP contribution is 2.36. The van der Waals surface area contributed by atoms with Crippen LogP contribution < -0.4 is 0 Å². The van der Waals surface area contributed by atoms with Crippen LogP contribution in [0.2, 0.25) is 0 Å². The van der Waals surface area contributed by atoms with Crippen LogP contribution >= 0.6 is 11.3 Å². The molecule has 114 valence electrons. The number of aryl methyl sites for hydroxylation is 1. The van der Waals surface area contributed by atoms with Crippen molar-refractivity contribution in [1.82, 2.24) is 4.98 Å². The molecular formula is C22H15NS. The molecule has 2 heteroatoms. The van der Waals surface area contributed by atoms with Gasteiger partial charge in [-0.15, -0.1) is 11.3 Å². The number of benzene rings is 3. The fourth-order valence-electron chi connectivity index (χ4n) is 3.46. The Labute approximate surface area is 144 Å². The second-order valence-corrected chi connectivity index (χ2v) is 7.07. The second-order valence-electron chi connectivity index (χ2n) is 6.15. The van der Waals surface area contributed by atoms with Gasteiger partial charge in [0, 0.05) is 21.0 Å². The minimum absolute atomic E-state index is 1.06. The molecule has 5 aromatic rings. The Hall–Kier alpha value is -2.71. The van der Waals surface area contributed by atoms with E-state index in [0.717, 1.165) is 11.2 Å². The highest BCUT2D eigenvalue weighted by atomic mass is 32.1. The van der Waals surface area contributed by atoms with Gasteiger partial charge in [-0.3, -0.25) is 0 Å². The van der Waals surface area contributed by atoms with Crippen molar-refractivity contribution in [3.8, 4) is 11.3 Å². The van der Waals surface area contributed by atoms with Gasteiger partial charge in [0.1, 0.15) is 0 Å². The van der Waals surface area contributed by atoms with Crippen LogP contribution in [0, 0.1) is 6.92 Å². The predicted octanol–water partition coefficient (Wildman–Crippen LogP) is 6.58. The van der Waals surface area contributed by atoms with Gasteiger partial charge >= 0.3 is 0 Å². The molecule has 0 saturated carbocycles. The van der Waals surface area contributed by atoms with Gasteiger partial charge in [-0.05, 0) is 46.8 Å². The zero-order valence-corrected chi connectivity index (χ0v) is 14.1. The van der Waals surface area contributed by atoms with E-state index < -0.39 is 0 Å². The molecule has 0 aliphatic rings. The number of fused-ring (bicyclic) bond motifs is 4. The molecule has 0 radical (unpaired) electrons. The Morgan fingerprint density at radius 3 is 2.67 bits per heavy atom. The Morgan fingerprint density at radius 2 is 1.71 bits per heavy atom. The summed E-state index contributed by atoms with van der Waals surface area (Å²) in [6.07, 6.45) is 0. The van der Waals surface area contributed by atoms with Crippen molar-refractivity contribution in [1.29, 1.82) is 0 Å². The molecule has 24 heavy (non-hydrogen) atoms. The van der Waals surface area contributed by atoms with E-state index in [0.29, 0.717) is 0 Å². The number of aromatic nitrogens is 1. The second kappa shape index (κ2) is 5.15. The van der Waals surface area contributed by atoms with Gasteiger partial charge < -0.3 is 0 Å². The normalized spacial score (nSPS) is 11.5. The molecule has 0 aliphatic heterocycles. The van der Waals surface area contributed by atoms with Crippen molar-refractivity contribution in [3.63, 3.8) is 0 Å². The highest BCUT2D eigenvalue weighted by molar-refractivity contribution is 7.18. The summed E-state index contributed by atoms with van der Waals surface area (Å²) in [5.74, 6) is 0. The molecule has 0 unspecified atom stereocenters. The van der Waals surface area contributed by atoms with Crippen molar-refractivity contribution in [2.75, 3.05) is 0 Å². The fraction of sp³-hybridized carbons (Fsp3) is 0.0455. The molecule has 3 aromatic carbocycles. The quantitative estimate of drug-likeness (QED) is 0.339. The standard InChI is InChI=1S/C22H15NS/c1-14-5-4-6-15-13-16(9-10-17(14)15)21-19-11-12-24-22(19)18-7-2-3-8-20(18)23-21/h2-13H,1H3. The maximum absolute atomic E-state index is 4.98. The third-order valence-corrected chi connectivity index (χ3v) is 5.62. The number of pyridine rings is 1. The average molecular weight is 325 g/mol. The molecule has 0 spiro atoms. The van der Waals surface area contributed by atoms with Crippen LogP contribution in [0.3, 0.4) is 0 Å². The van der Waals surface area contributed by atoms with Gasteiger partial charge in [0.25, 0.3) is 0 Å². The number of thiophene rings is 1. The van der Waals surface area contributed by atoms with Gasteiger partial charge in [0.15, 0.2) is 0 Å². The zero-order chi connectivity index (χ0) is 16.1. The molecule has 0 saturated heterocycles. The number of hydrogen-bond donors (Lipinski definition) is 0. The summed E-state index contributed by atoms with van der Waals surface area (Å²) in [6.45, 7) is 2.16. The summed E-state index contributed by atoms with van der Waals surface area (Å²) in [7, 11) is 0. The van der Waals surface area contributed by atoms with E-state index in [1.54, 1.807) is 11.3 Å². The predicted molar refractivity (Wildman–Crippen MR) is 105 cm³/mol. The van der Waals surface area contributed by atoms with Crippen LogP contribution in [-0.4, -0.2) is 4.98 Å². The lowest BCUT2D eigenvalue weighted by Crippen LogP contribution is -1.88. The first kappa shape index (κ1) is 13.7.